The van der Waals surface area contributed by atoms with Gasteiger partial charge in [-0.15, -0.1) is 20.5 Å². The first-order valence-corrected chi connectivity index (χ1v) is 36.9. The summed E-state index contributed by atoms with van der Waals surface area (Å²) in [6, 6.07) is 17.2. The Kier molecular flexibility index (Phi) is 26.4. The van der Waals surface area contributed by atoms with Gasteiger partial charge in [-0.25, -0.2) is 0 Å². The third-order valence-electron chi connectivity index (χ3n) is 15.9. The van der Waals surface area contributed by atoms with E-state index in [4.69, 9.17) is 54.1 Å². The minimum absolute atomic E-state index is 0.00457. The molecule has 0 aliphatic carbocycles. The second kappa shape index (κ2) is 35.2. The van der Waals surface area contributed by atoms with E-state index in [1.165, 1.54) is 76.6 Å². The van der Waals surface area contributed by atoms with Gasteiger partial charge in [0.2, 0.25) is 28.1 Å². The molecule has 0 unspecified atom stereocenters. The average molecular weight is 1500 g/mol. The monoisotopic (exact) mass is 1490 g/mol. The number of thiazole rings is 2. The first-order chi connectivity index (χ1) is 49.4. The van der Waals surface area contributed by atoms with Gasteiger partial charge < -0.3 is 74.9 Å². The van der Waals surface area contributed by atoms with Gasteiger partial charge in [0.15, 0.2) is 11.6 Å². The molecule has 0 spiro atoms. The standard InChI is InChI=1S/C65H78N18O16S4/c1-9-79(10-2)49-35-45(47(37-51(49)96-7)75-77-64-70-57(81-23-29-98-30-24-81)53(100-64)33-41(39(5)86)59(88)66-43-17-13-15-19-55(43)102(90,91)92)68-61-72-62(74-63(73-61)83(21-27-84)22-28-85)69-46-36-50(80(11-3)12-4)52(97-8)38-48(46)76-78-65-71-58(82-25-31-99-32-26-82)54(101-65)34-42(40(6)87)60(89)67-44-18-14-16-20-56(44)103(93,94)95/h13-20,33-38,84-85H,9-12,21-32H2,1-8H3,(H,66,88)(H,67,89)(H,90,91,92)(H,93,94,95)(H2,68,69,72,73,74)/b41-33+,42-34?,77-75?,78-76?. The summed E-state index contributed by atoms with van der Waals surface area (Å²) in [5.41, 5.74) is 0.940. The molecule has 8 N–H and O–H groups in total. The van der Waals surface area contributed by atoms with E-state index < -0.39 is 53.4 Å². The fraction of sp³-hybridized carbons (Fsp3) is 0.369. The number of benzene rings is 4. The molecule has 2 fully saturated rings. The van der Waals surface area contributed by atoms with Crippen LogP contribution in [0.2, 0.25) is 0 Å². The van der Waals surface area contributed by atoms with E-state index in [1.54, 1.807) is 29.2 Å². The molecule has 0 atom stereocenters. The molecule has 9 rings (SSSR count). The first kappa shape index (κ1) is 77.1. The van der Waals surface area contributed by atoms with Crippen LogP contribution in [0.25, 0.3) is 12.2 Å². The maximum atomic E-state index is 13.9. The Hall–Kier alpha value is -10.0. The molecule has 4 aromatic carbocycles. The molecule has 103 heavy (non-hydrogen) atoms. The number of Topliss-reactive ketones (excluding diaryl/α,β-unsaturated/α-hetero) is 2. The van der Waals surface area contributed by atoms with Crippen molar-refractivity contribution in [3.05, 3.63) is 93.7 Å². The van der Waals surface area contributed by atoms with Crippen molar-refractivity contribution in [2.45, 2.75) is 51.3 Å². The van der Waals surface area contributed by atoms with Crippen molar-refractivity contribution >= 4 is 164 Å². The molecule has 2 saturated heterocycles. The lowest BCUT2D eigenvalue weighted by atomic mass is 10.1. The zero-order valence-corrected chi connectivity index (χ0v) is 60.7. The van der Waals surface area contributed by atoms with E-state index in [1.807, 2.05) is 47.3 Å². The minimum atomic E-state index is -4.78. The molecule has 3 aromatic heterocycles. The van der Waals surface area contributed by atoms with Crippen LogP contribution in [0.4, 0.5) is 85.2 Å². The van der Waals surface area contributed by atoms with Crippen molar-refractivity contribution in [2.24, 2.45) is 20.5 Å². The summed E-state index contributed by atoms with van der Waals surface area (Å²) in [6.07, 6.45) is 2.65. The minimum Gasteiger partial charge on any atom is -0.494 e. The van der Waals surface area contributed by atoms with Crippen molar-refractivity contribution in [2.75, 3.05) is 165 Å². The van der Waals surface area contributed by atoms with Gasteiger partial charge in [0.1, 0.15) is 44.3 Å². The fourth-order valence-electron chi connectivity index (χ4n) is 10.8. The Morgan fingerprint density at radius 2 is 0.932 bits per heavy atom. The molecule has 5 heterocycles. The molecule has 2 aliphatic heterocycles. The number of ether oxygens (including phenoxy) is 4. The number of hydrogen-bond acceptors (Lipinski definition) is 32. The van der Waals surface area contributed by atoms with Gasteiger partial charge in [-0.1, -0.05) is 46.9 Å². The molecule has 2 amide bonds. The van der Waals surface area contributed by atoms with Crippen LogP contribution in [0.3, 0.4) is 0 Å². The van der Waals surface area contributed by atoms with Crippen molar-refractivity contribution in [3.63, 3.8) is 0 Å². The number of aromatic nitrogens is 5. The number of anilines is 11. The Balaban J connectivity index is 1.14. The summed E-state index contributed by atoms with van der Waals surface area (Å²) in [7, 11) is -6.55. The number of aliphatic hydroxyl groups excluding tert-OH is 2. The van der Waals surface area contributed by atoms with Crippen molar-refractivity contribution in [1.29, 1.82) is 0 Å². The van der Waals surface area contributed by atoms with E-state index in [9.17, 15) is 55.3 Å². The van der Waals surface area contributed by atoms with E-state index in [-0.39, 0.29) is 99.7 Å². The maximum Gasteiger partial charge on any atom is 0.296 e. The molecule has 38 heteroatoms. The van der Waals surface area contributed by atoms with Crippen LogP contribution in [-0.4, -0.2) is 204 Å². The van der Waals surface area contributed by atoms with Crippen LogP contribution < -0.4 is 55.2 Å². The Labute approximate surface area is 601 Å². The summed E-state index contributed by atoms with van der Waals surface area (Å²) in [5, 5.41) is 51.1. The number of azo groups is 2. The summed E-state index contributed by atoms with van der Waals surface area (Å²) in [6.45, 7) is 14.5. The number of aliphatic hydroxyl groups is 2. The molecular weight excluding hydrogens is 1420 g/mol. The van der Waals surface area contributed by atoms with Gasteiger partial charge >= 0.3 is 0 Å². The number of rotatable bonds is 33. The highest BCUT2D eigenvalue weighted by atomic mass is 32.2. The normalized spacial score (nSPS) is 13.9. The number of carbonyl (C=O) groups is 4. The van der Waals surface area contributed by atoms with Crippen molar-refractivity contribution < 1.29 is 74.3 Å². The third-order valence-corrected chi connectivity index (χ3v) is 19.5. The largest absolute Gasteiger partial charge is 0.494 e. The van der Waals surface area contributed by atoms with Crippen molar-refractivity contribution in [1.82, 2.24) is 24.9 Å². The fourth-order valence-corrected chi connectivity index (χ4v) is 13.8. The third kappa shape index (κ3) is 19.4. The second-order valence-electron chi connectivity index (χ2n) is 22.4. The summed E-state index contributed by atoms with van der Waals surface area (Å²) in [5.74, 6) is -1.91. The Morgan fingerprint density at radius 1 is 0.553 bits per heavy atom. The predicted molar refractivity (Wildman–Crippen MR) is 392 cm³/mol. The van der Waals surface area contributed by atoms with E-state index in [0.29, 0.717) is 123 Å². The number of hydrogen-bond donors (Lipinski definition) is 8. The predicted octanol–water partition coefficient (Wildman–Crippen LogP) is 8.99. The maximum absolute atomic E-state index is 13.9. The molecule has 0 bridgehead atoms. The number of nitrogens with zero attached hydrogens (tertiary/aromatic N) is 14. The second-order valence-corrected chi connectivity index (χ2v) is 27.2. The molecule has 0 saturated carbocycles. The van der Waals surface area contributed by atoms with Crippen LogP contribution in [0, 0.1) is 0 Å². The van der Waals surface area contributed by atoms with Gasteiger partial charge in [-0.3, -0.25) is 28.3 Å². The number of para-hydroxylation sites is 2. The topological polar surface area (TPSA) is 433 Å². The number of carbonyl (C=O) groups excluding carboxylic acids is 4. The van der Waals surface area contributed by atoms with Gasteiger partial charge in [0, 0.05) is 77.6 Å². The number of ketones is 2. The lowest BCUT2D eigenvalue weighted by Crippen LogP contribution is -2.36. The van der Waals surface area contributed by atoms with Crippen LogP contribution in [-0.2, 0) is 48.9 Å². The van der Waals surface area contributed by atoms with Crippen LogP contribution >= 0.6 is 22.7 Å². The highest BCUT2D eigenvalue weighted by Gasteiger charge is 2.29. The van der Waals surface area contributed by atoms with E-state index >= 15 is 0 Å². The lowest BCUT2D eigenvalue weighted by molar-refractivity contribution is -0.120. The van der Waals surface area contributed by atoms with E-state index in [2.05, 4.69) is 31.5 Å². The average Bonchev–Trinajstić information content (AvgIpc) is 1.58. The van der Waals surface area contributed by atoms with Gasteiger partial charge in [0.25, 0.3) is 32.1 Å². The van der Waals surface area contributed by atoms with Crippen LogP contribution in [0.1, 0.15) is 51.3 Å². The lowest BCUT2D eigenvalue weighted by Gasteiger charge is -2.27. The first-order valence-electron chi connectivity index (χ1n) is 32.3. The highest BCUT2D eigenvalue weighted by Crippen LogP contribution is 2.45. The molecule has 34 nitrogen and oxygen atoms in total. The summed E-state index contributed by atoms with van der Waals surface area (Å²) >= 11 is 1.99. The molecule has 0 radical (unpaired) electrons. The molecule has 2 aliphatic rings. The van der Waals surface area contributed by atoms with Gasteiger partial charge in [-0.05, 0) is 90.1 Å². The number of methoxy groups -OCH3 is 2. The zero-order chi connectivity index (χ0) is 74.1. The van der Waals surface area contributed by atoms with Gasteiger partial charge in [0.05, 0.1) is 109 Å². The molecule has 7 aromatic rings. The SMILES string of the molecule is CCN(CC)c1cc(Nc2nc(Nc3cc(N(CC)CC)c(OC)cc3N=Nc3nc(N4CCOCC4)c(/C=C(\C(C)=O)C(=O)Nc4ccccc4S(=O)(=O)O)s3)nc(N(CCO)CCO)n2)c(N=Nc2nc(N3CCOCC3)c(C=C(C(C)=O)C(=O)Nc3ccccc3S(=O)(=O)O)s2)cc1OC. The molecular formula is C65H78N18O16S4. The quantitative estimate of drug-likeness (QED) is 0.00625. The summed E-state index contributed by atoms with van der Waals surface area (Å²) in [4.78, 5) is 87.5. The van der Waals surface area contributed by atoms with Gasteiger partial charge in [-0.2, -0.15) is 41.8 Å². The number of amides is 2. The highest BCUT2D eigenvalue weighted by molar-refractivity contribution is 7.86. The van der Waals surface area contributed by atoms with Crippen LogP contribution in [0.5, 0.6) is 11.5 Å². The number of morpholine rings is 2. The number of nitrogens with one attached hydrogen (secondary N) is 4. The Bertz CT molecular complexity index is 4330. The molecule has 548 valence electrons. The Morgan fingerprint density at radius 3 is 1.27 bits per heavy atom. The van der Waals surface area contributed by atoms with Crippen LogP contribution in [0.15, 0.2) is 114 Å². The zero-order valence-electron chi connectivity index (χ0n) is 57.5. The summed E-state index contributed by atoms with van der Waals surface area (Å²) < 4.78 is 92.0. The van der Waals surface area contributed by atoms with E-state index in [0.717, 1.165) is 34.8 Å². The smallest absolute Gasteiger partial charge is 0.296 e. The van der Waals surface area contributed by atoms with Crippen molar-refractivity contribution in [3.8, 4) is 11.5 Å².